The summed E-state index contributed by atoms with van der Waals surface area (Å²) in [5.74, 6) is 0.875. The van der Waals surface area contributed by atoms with Crippen molar-refractivity contribution in [3.05, 3.63) is 106 Å². The van der Waals surface area contributed by atoms with Crippen molar-refractivity contribution in [1.82, 2.24) is 0 Å². The lowest BCUT2D eigenvalue weighted by atomic mass is 9.81. The third-order valence-electron chi connectivity index (χ3n) is 6.23. The zero-order valence-corrected chi connectivity index (χ0v) is 17.9. The van der Waals surface area contributed by atoms with Crippen LogP contribution in [0.5, 0.6) is 0 Å². The Morgan fingerprint density at radius 3 is 2.18 bits per heavy atom. The lowest BCUT2D eigenvalue weighted by molar-refractivity contribution is 0.836. The molecule has 1 atom stereocenters. The maximum absolute atomic E-state index is 2.64. The highest BCUT2D eigenvalue weighted by molar-refractivity contribution is 6.64. The maximum Gasteiger partial charge on any atom is 0.0358 e. The summed E-state index contributed by atoms with van der Waals surface area (Å²) in [6.07, 6.45) is 10.5. The molecule has 0 radical (unpaired) electrons. The number of rotatable bonds is 2. The molecular formula is C27H26Si. The molecule has 5 rings (SSSR count). The summed E-state index contributed by atoms with van der Waals surface area (Å²) in [5.41, 5.74) is 14.4. The van der Waals surface area contributed by atoms with Gasteiger partial charge in [0.05, 0.1) is 0 Å². The Labute approximate surface area is 169 Å². The first kappa shape index (κ1) is 17.6. The van der Waals surface area contributed by atoms with Crippen LogP contribution in [0.15, 0.2) is 95.1 Å². The van der Waals surface area contributed by atoms with Gasteiger partial charge in [0.2, 0.25) is 0 Å². The molecule has 0 bridgehead atoms. The second-order valence-corrected chi connectivity index (χ2v) is 10.9. The molecule has 0 saturated heterocycles. The predicted octanol–water partition coefficient (Wildman–Crippen LogP) is 6.70. The largest absolute Gasteiger partial charge is 0.0963 e. The molecule has 138 valence electrons. The van der Waals surface area contributed by atoms with Gasteiger partial charge in [-0.1, -0.05) is 91.6 Å². The molecule has 1 heteroatoms. The number of fused-ring (bicyclic) bond motifs is 4. The number of benzene rings is 2. The van der Waals surface area contributed by atoms with Crippen molar-refractivity contribution >= 4 is 14.1 Å². The normalized spacial score (nSPS) is 20.2. The summed E-state index contributed by atoms with van der Waals surface area (Å²) < 4.78 is 0. The van der Waals surface area contributed by atoms with Crippen molar-refractivity contribution in [2.24, 2.45) is 5.92 Å². The first-order valence-electron chi connectivity index (χ1n) is 10.3. The Kier molecular flexibility index (Phi) is 4.28. The predicted molar refractivity (Wildman–Crippen MR) is 123 cm³/mol. The Hall–Kier alpha value is -2.51. The van der Waals surface area contributed by atoms with Crippen LogP contribution in [0.1, 0.15) is 30.4 Å². The van der Waals surface area contributed by atoms with Crippen molar-refractivity contribution < 1.29 is 0 Å². The fraction of sp³-hybridized carbons (Fsp3) is 0.222. The van der Waals surface area contributed by atoms with E-state index < -0.39 is 8.41 Å². The van der Waals surface area contributed by atoms with E-state index in [2.05, 4.69) is 98.5 Å². The third-order valence-corrected chi connectivity index (χ3v) is 7.30. The highest BCUT2D eigenvalue weighted by Crippen LogP contribution is 2.53. The van der Waals surface area contributed by atoms with E-state index in [9.17, 15) is 0 Å². The molecule has 0 heterocycles. The number of hydrogen-bond donors (Lipinski definition) is 0. The molecule has 0 N–H and O–H groups in total. The van der Waals surface area contributed by atoms with Gasteiger partial charge in [0, 0.05) is 11.8 Å². The monoisotopic (exact) mass is 378 g/mol. The summed E-state index contributed by atoms with van der Waals surface area (Å²) in [4.78, 5) is 0. The van der Waals surface area contributed by atoms with Crippen LogP contribution in [-0.4, -0.2) is 14.1 Å². The van der Waals surface area contributed by atoms with Crippen LogP contribution in [0, 0.1) is 5.92 Å². The van der Waals surface area contributed by atoms with Gasteiger partial charge in [-0.2, -0.15) is 0 Å². The minimum absolute atomic E-state index is 0.350. The van der Waals surface area contributed by atoms with Gasteiger partial charge < -0.3 is 0 Å². The Balaban J connectivity index is 1.79. The molecular weight excluding hydrogens is 352 g/mol. The zero-order chi connectivity index (χ0) is 19.3. The van der Waals surface area contributed by atoms with Gasteiger partial charge in [0.25, 0.3) is 0 Å². The fourth-order valence-electron chi connectivity index (χ4n) is 5.23. The van der Waals surface area contributed by atoms with Crippen molar-refractivity contribution in [2.75, 3.05) is 0 Å². The zero-order valence-electron chi connectivity index (χ0n) is 16.9. The van der Waals surface area contributed by atoms with Gasteiger partial charge in [0.1, 0.15) is 0 Å². The lowest BCUT2D eigenvalue weighted by Gasteiger charge is -2.23. The quantitative estimate of drug-likeness (QED) is 0.510. The van der Waals surface area contributed by atoms with E-state index in [1.165, 1.54) is 33.4 Å². The smallest absolute Gasteiger partial charge is 0.0358 e. The maximum atomic E-state index is 2.64. The van der Waals surface area contributed by atoms with Gasteiger partial charge in [-0.05, 0) is 66.3 Å². The number of hydrogen-bond acceptors (Lipinski definition) is 0. The van der Waals surface area contributed by atoms with Crippen LogP contribution < -0.4 is 0 Å². The fourth-order valence-corrected chi connectivity index (χ4v) is 6.33. The molecule has 0 fully saturated rings. The van der Waals surface area contributed by atoms with E-state index in [1.807, 2.05) is 0 Å². The standard InChI is InChI=1S/C27H26Si/c1-18-16-19-10-4-5-11-20(17-28(2)3)26(19)25(18)27-23-14-8-6-12-21(23)22-13-7-9-15-24(22)27/h4-10,12-17,20,27H,11H2,1-3H3. The topological polar surface area (TPSA) is 0 Å². The highest BCUT2D eigenvalue weighted by atomic mass is 28.2. The molecule has 0 saturated carbocycles. The first-order chi connectivity index (χ1) is 13.6. The van der Waals surface area contributed by atoms with Crippen molar-refractivity contribution in [1.29, 1.82) is 0 Å². The molecule has 28 heavy (non-hydrogen) atoms. The minimum atomic E-state index is -0.414. The van der Waals surface area contributed by atoms with Gasteiger partial charge in [-0.25, -0.2) is 0 Å². The van der Waals surface area contributed by atoms with E-state index in [0.717, 1.165) is 6.42 Å². The van der Waals surface area contributed by atoms with Crippen LogP contribution in [0.2, 0.25) is 13.1 Å². The molecule has 3 aliphatic carbocycles. The Bertz CT molecular complexity index is 1070. The van der Waals surface area contributed by atoms with E-state index in [0.29, 0.717) is 11.8 Å². The number of allylic oxidation sites excluding steroid dienone is 8. The Morgan fingerprint density at radius 2 is 1.54 bits per heavy atom. The summed E-state index contributed by atoms with van der Waals surface area (Å²) >= 11 is 0. The summed E-state index contributed by atoms with van der Waals surface area (Å²) in [6.45, 7) is 7.11. The van der Waals surface area contributed by atoms with Crippen LogP contribution >= 0.6 is 0 Å². The molecule has 1 unspecified atom stereocenters. The lowest BCUT2D eigenvalue weighted by Crippen LogP contribution is -2.14. The summed E-state index contributed by atoms with van der Waals surface area (Å²) in [5, 5.41) is 0. The second-order valence-electron chi connectivity index (χ2n) is 8.40. The molecule has 3 aliphatic rings. The van der Waals surface area contributed by atoms with Gasteiger partial charge in [0.15, 0.2) is 0 Å². The average molecular weight is 379 g/mol. The third kappa shape index (κ3) is 2.69. The molecule has 2 aromatic rings. The van der Waals surface area contributed by atoms with Gasteiger partial charge in [-0.3, -0.25) is 0 Å². The van der Waals surface area contributed by atoms with Gasteiger partial charge >= 0.3 is 0 Å². The molecule has 0 spiro atoms. The minimum Gasteiger partial charge on any atom is -0.0963 e. The SMILES string of the molecule is CC1=CC2=CC=CCC(C=[Si](C)C)C2=C1C1c2ccccc2-c2ccccc21. The summed E-state index contributed by atoms with van der Waals surface area (Å²) in [7, 11) is -0.414. The average Bonchev–Trinajstić information content (AvgIpc) is 3.11. The van der Waals surface area contributed by atoms with E-state index in [-0.39, 0.29) is 0 Å². The van der Waals surface area contributed by atoms with Crippen LogP contribution in [0.3, 0.4) is 0 Å². The Morgan fingerprint density at radius 1 is 0.893 bits per heavy atom. The van der Waals surface area contributed by atoms with E-state index >= 15 is 0 Å². The first-order valence-corrected chi connectivity index (χ1v) is 12.9. The van der Waals surface area contributed by atoms with Gasteiger partial charge in [-0.15, -0.1) is 0 Å². The molecule has 0 aromatic heterocycles. The highest BCUT2D eigenvalue weighted by Gasteiger charge is 2.36. The van der Waals surface area contributed by atoms with Crippen molar-refractivity contribution in [2.45, 2.75) is 32.4 Å². The van der Waals surface area contributed by atoms with E-state index in [1.54, 1.807) is 11.1 Å². The van der Waals surface area contributed by atoms with Crippen LogP contribution in [0.4, 0.5) is 0 Å². The summed E-state index contributed by atoms with van der Waals surface area (Å²) in [6, 6.07) is 18.0. The molecule has 0 amide bonds. The van der Waals surface area contributed by atoms with Crippen molar-refractivity contribution in [3.63, 3.8) is 0 Å². The molecule has 0 nitrogen and oxygen atoms in total. The molecule has 2 aromatic carbocycles. The van der Waals surface area contributed by atoms with Crippen molar-refractivity contribution in [3.8, 4) is 11.1 Å². The molecule has 0 aliphatic heterocycles. The van der Waals surface area contributed by atoms with Crippen LogP contribution in [0.25, 0.3) is 11.1 Å². The second kappa shape index (κ2) is 6.83. The van der Waals surface area contributed by atoms with Crippen LogP contribution in [-0.2, 0) is 0 Å². The van der Waals surface area contributed by atoms with E-state index in [4.69, 9.17) is 0 Å².